The predicted octanol–water partition coefficient (Wildman–Crippen LogP) is 4.65. The first-order valence-corrected chi connectivity index (χ1v) is 9.56. The monoisotopic (exact) mass is 368 g/mol. The second kappa shape index (κ2) is 11.0. The predicted molar refractivity (Wildman–Crippen MR) is 108 cm³/mol. The Balaban J connectivity index is 1.88. The molecule has 0 saturated carbocycles. The van der Waals surface area contributed by atoms with Crippen molar-refractivity contribution in [3.8, 4) is 5.75 Å². The molecule has 0 aromatic heterocycles. The van der Waals surface area contributed by atoms with Crippen LogP contribution < -0.4 is 15.4 Å². The molecule has 5 heteroatoms. The molecule has 0 unspecified atom stereocenters. The van der Waals surface area contributed by atoms with Crippen molar-refractivity contribution >= 4 is 17.5 Å². The summed E-state index contributed by atoms with van der Waals surface area (Å²) in [5.41, 5.74) is 1.78. The lowest BCUT2D eigenvalue weighted by Crippen LogP contribution is -2.23. The molecule has 2 amide bonds. The number of rotatable bonds is 10. The van der Waals surface area contributed by atoms with Crippen LogP contribution >= 0.6 is 0 Å². The van der Waals surface area contributed by atoms with Gasteiger partial charge in [-0.25, -0.2) is 0 Å². The van der Waals surface area contributed by atoms with Crippen LogP contribution in [0.2, 0.25) is 0 Å². The highest BCUT2D eigenvalue weighted by atomic mass is 16.5. The molecule has 144 valence electrons. The van der Waals surface area contributed by atoms with Gasteiger partial charge in [-0.3, -0.25) is 9.59 Å². The average Bonchev–Trinajstić information content (AvgIpc) is 2.70. The maximum absolute atomic E-state index is 12.4. The van der Waals surface area contributed by atoms with Crippen molar-refractivity contribution in [2.75, 3.05) is 18.5 Å². The Morgan fingerprint density at radius 3 is 2.07 bits per heavy atom. The van der Waals surface area contributed by atoms with Crippen LogP contribution in [0, 0.1) is 0 Å². The lowest BCUT2D eigenvalue weighted by molar-refractivity contribution is 0.0953. The number of ether oxygens (including phenoxy) is 1. The molecule has 0 atom stereocenters. The van der Waals surface area contributed by atoms with Crippen LogP contribution in [0.3, 0.4) is 0 Å². The molecule has 0 radical (unpaired) electrons. The smallest absolute Gasteiger partial charge is 0.255 e. The summed E-state index contributed by atoms with van der Waals surface area (Å²) >= 11 is 0. The molecular weight excluding hydrogens is 340 g/mol. The third-order valence-electron chi connectivity index (χ3n) is 4.07. The van der Waals surface area contributed by atoms with Gasteiger partial charge in [0.05, 0.1) is 6.61 Å². The first kappa shape index (κ1) is 20.5. The van der Waals surface area contributed by atoms with Gasteiger partial charge in [-0.15, -0.1) is 0 Å². The summed E-state index contributed by atoms with van der Waals surface area (Å²) in [5, 5.41) is 5.66. The molecule has 0 bridgehead atoms. The number of nitrogens with one attached hydrogen (secondary N) is 2. The third kappa shape index (κ3) is 6.77. The van der Waals surface area contributed by atoms with Gasteiger partial charge in [-0.1, -0.05) is 26.7 Å². The molecule has 2 N–H and O–H groups in total. The number of hydrogen-bond donors (Lipinski definition) is 2. The first-order valence-electron chi connectivity index (χ1n) is 9.56. The van der Waals surface area contributed by atoms with E-state index in [0.717, 1.165) is 31.4 Å². The van der Waals surface area contributed by atoms with E-state index in [1.165, 1.54) is 0 Å². The van der Waals surface area contributed by atoms with Crippen LogP contribution in [0.25, 0.3) is 0 Å². The minimum atomic E-state index is -0.198. The van der Waals surface area contributed by atoms with E-state index >= 15 is 0 Å². The normalized spacial score (nSPS) is 10.3. The van der Waals surface area contributed by atoms with Gasteiger partial charge in [0.25, 0.3) is 11.8 Å². The molecule has 0 aliphatic heterocycles. The lowest BCUT2D eigenvalue weighted by Gasteiger charge is -2.09. The topological polar surface area (TPSA) is 67.4 Å². The van der Waals surface area contributed by atoms with Crippen LogP contribution in [-0.4, -0.2) is 25.0 Å². The summed E-state index contributed by atoms with van der Waals surface area (Å²) in [4.78, 5) is 24.2. The number of carbonyl (C=O) groups is 2. The van der Waals surface area contributed by atoms with Crippen LogP contribution in [0.1, 0.15) is 60.2 Å². The maximum atomic E-state index is 12.4. The molecule has 5 nitrogen and oxygen atoms in total. The van der Waals surface area contributed by atoms with Gasteiger partial charge < -0.3 is 15.4 Å². The largest absolute Gasteiger partial charge is 0.494 e. The van der Waals surface area contributed by atoms with E-state index in [2.05, 4.69) is 17.6 Å². The van der Waals surface area contributed by atoms with E-state index in [9.17, 15) is 9.59 Å². The van der Waals surface area contributed by atoms with E-state index in [1.807, 2.05) is 19.1 Å². The van der Waals surface area contributed by atoms with Gasteiger partial charge in [0.2, 0.25) is 0 Å². The number of hydrogen-bond acceptors (Lipinski definition) is 3. The zero-order chi connectivity index (χ0) is 19.5. The Bertz CT molecular complexity index is 724. The molecule has 27 heavy (non-hydrogen) atoms. The average molecular weight is 368 g/mol. The van der Waals surface area contributed by atoms with Crippen LogP contribution in [0.5, 0.6) is 5.75 Å². The number of benzene rings is 2. The summed E-state index contributed by atoms with van der Waals surface area (Å²) in [6.45, 7) is 5.50. The van der Waals surface area contributed by atoms with Gasteiger partial charge >= 0.3 is 0 Å². The Morgan fingerprint density at radius 1 is 0.815 bits per heavy atom. The Morgan fingerprint density at radius 2 is 1.44 bits per heavy atom. The zero-order valence-electron chi connectivity index (χ0n) is 16.1. The second-order valence-electron chi connectivity index (χ2n) is 6.37. The number of carbonyl (C=O) groups excluding carboxylic acids is 2. The number of amides is 2. The summed E-state index contributed by atoms with van der Waals surface area (Å²) in [5.74, 6) is 0.463. The van der Waals surface area contributed by atoms with E-state index in [4.69, 9.17) is 4.74 Å². The van der Waals surface area contributed by atoms with Crippen LogP contribution in [-0.2, 0) is 0 Å². The Labute approximate surface area is 161 Å². The molecule has 0 saturated heterocycles. The highest BCUT2D eigenvalue weighted by Gasteiger charge is 2.08. The highest BCUT2D eigenvalue weighted by molar-refractivity contribution is 6.04. The summed E-state index contributed by atoms with van der Waals surface area (Å²) < 4.78 is 5.66. The van der Waals surface area contributed by atoms with Crippen molar-refractivity contribution in [2.24, 2.45) is 0 Å². The van der Waals surface area contributed by atoms with E-state index in [-0.39, 0.29) is 11.8 Å². The summed E-state index contributed by atoms with van der Waals surface area (Å²) in [6, 6.07) is 14.0. The Hall–Kier alpha value is -2.82. The van der Waals surface area contributed by atoms with Crippen molar-refractivity contribution in [3.63, 3.8) is 0 Å². The van der Waals surface area contributed by atoms with E-state index < -0.39 is 0 Å². The molecule has 0 fully saturated rings. The molecule has 2 aromatic carbocycles. The molecule has 2 aromatic rings. The van der Waals surface area contributed by atoms with Gasteiger partial charge in [0.15, 0.2) is 0 Å². The first-order chi connectivity index (χ1) is 13.1. The van der Waals surface area contributed by atoms with E-state index in [0.29, 0.717) is 30.0 Å². The van der Waals surface area contributed by atoms with Crippen molar-refractivity contribution < 1.29 is 14.3 Å². The fourth-order valence-electron chi connectivity index (χ4n) is 2.49. The van der Waals surface area contributed by atoms with Gasteiger partial charge in [-0.05, 0) is 61.4 Å². The fraction of sp³-hybridized carbons (Fsp3) is 0.364. The number of unbranched alkanes of at least 4 members (excludes halogenated alkanes) is 2. The van der Waals surface area contributed by atoms with Gasteiger partial charge in [0, 0.05) is 23.4 Å². The van der Waals surface area contributed by atoms with Crippen LogP contribution in [0.15, 0.2) is 48.5 Å². The third-order valence-corrected chi connectivity index (χ3v) is 4.07. The SMILES string of the molecule is CCCCCOc1ccc(C(=O)Nc2ccc(C(=O)NCCC)cc2)cc1. The molecular formula is C22H28N2O3. The van der Waals surface area contributed by atoms with Crippen LogP contribution in [0.4, 0.5) is 5.69 Å². The minimum absolute atomic E-state index is 0.107. The zero-order valence-corrected chi connectivity index (χ0v) is 16.1. The van der Waals surface area contributed by atoms with E-state index in [1.54, 1.807) is 36.4 Å². The van der Waals surface area contributed by atoms with Crippen molar-refractivity contribution in [1.29, 1.82) is 0 Å². The molecule has 0 heterocycles. The maximum Gasteiger partial charge on any atom is 0.255 e. The fourth-order valence-corrected chi connectivity index (χ4v) is 2.49. The molecule has 0 aliphatic carbocycles. The highest BCUT2D eigenvalue weighted by Crippen LogP contribution is 2.15. The minimum Gasteiger partial charge on any atom is -0.494 e. The quantitative estimate of drug-likeness (QED) is 0.600. The molecule has 0 spiro atoms. The summed E-state index contributed by atoms with van der Waals surface area (Å²) in [6.07, 6.45) is 4.24. The Kier molecular flexibility index (Phi) is 8.36. The van der Waals surface area contributed by atoms with Gasteiger partial charge in [0.1, 0.15) is 5.75 Å². The number of anilines is 1. The molecule has 2 rings (SSSR count). The standard InChI is InChI=1S/C22H28N2O3/c1-3-5-6-16-27-20-13-9-18(10-14-20)22(26)24-19-11-7-17(8-12-19)21(25)23-15-4-2/h7-14H,3-6,15-16H2,1-2H3,(H,23,25)(H,24,26). The second-order valence-corrected chi connectivity index (χ2v) is 6.37. The summed E-state index contributed by atoms with van der Waals surface area (Å²) in [7, 11) is 0. The lowest BCUT2D eigenvalue weighted by atomic mass is 10.1. The molecule has 0 aliphatic rings. The van der Waals surface area contributed by atoms with Gasteiger partial charge in [-0.2, -0.15) is 0 Å². The van der Waals surface area contributed by atoms with Crippen molar-refractivity contribution in [3.05, 3.63) is 59.7 Å². The van der Waals surface area contributed by atoms with Crippen molar-refractivity contribution in [2.45, 2.75) is 39.5 Å². The van der Waals surface area contributed by atoms with Crippen molar-refractivity contribution in [1.82, 2.24) is 5.32 Å².